The van der Waals surface area contributed by atoms with Gasteiger partial charge in [0.25, 0.3) is 0 Å². The lowest BCUT2D eigenvalue weighted by molar-refractivity contribution is 0.358. The molecule has 0 radical (unpaired) electrons. The van der Waals surface area contributed by atoms with Gasteiger partial charge in [0.2, 0.25) is 5.82 Å². The van der Waals surface area contributed by atoms with Crippen LogP contribution in [0.2, 0.25) is 0 Å². The van der Waals surface area contributed by atoms with E-state index in [4.69, 9.17) is 0 Å². The minimum atomic E-state index is -2.14. The molecule has 1 heterocycles. The fourth-order valence-corrected chi connectivity index (χ4v) is 4.70. The summed E-state index contributed by atoms with van der Waals surface area (Å²) >= 11 is 0.571. The van der Waals surface area contributed by atoms with Crippen LogP contribution in [0, 0.1) is 29.1 Å². The highest BCUT2D eigenvalue weighted by Crippen LogP contribution is 2.40. The van der Waals surface area contributed by atoms with Gasteiger partial charge in [0, 0.05) is 12.2 Å². The van der Waals surface area contributed by atoms with Gasteiger partial charge < -0.3 is 0 Å². The summed E-state index contributed by atoms with van der Waals surface area (Å²) in [7, 11) is 0. The van der Waals surface area contributed by atoms with Gasteiger partial charge in [-0.15, -0.1) is 0 Å². The number of halogens is 5. The zero-order valence-electron chi connectivity index (χ0n) is 15.0. The maximum Gasteiger partial charge on any atom is 0.200 e. The van der Waals surface area contributed by atoms with Crippen molar-refractivity contribution in [1.29, 1.82) is 0 Å². The third kappa shape index (κ3) is 3.89. The molecule has 0 unspecified atom stereocenters. The van der Waals surface area contributed by atoms with E-state index in [-0.39, 0.29) is 12.6 Å². The Morgan fingerprint density at radius 2 is 1.46 bits per heavy atom. The zero-order valence-corrected chi connectivity index (χ0v) is 15.8. The maximum atomic E-state index is 14.0. The van der Waals surface area contributed by atoms with Crippen molar-refractivity contribution in [3.8, 4) is 0 Å². The molecule has 4 rings (SSSR count). The van der Waals surface area contributed by atoms with E-state index < -0.39 is 34.0 Å². The molecule has 0 bridgehead atoms. The highest BCUT2D eigenvalue weighted by molar-refractivity contribution is 7.97. The Morgan fingerprint density at radius 3 is 2.00 bits per heavy atom. The lowest BCUT2D eigenvalue weighted by Crippen LogP contribution is -2.19. The van der Waals surface area contributed by atoms with Crippen molar-refractivity contribution < 1.29 is 22.0 Å². The van der Waals surface area contributed by atoms with Crippen molar-refractivity contribution in [2.75, 3.05) is 0 Å². The van der Waals surface area contributed by atoms with E-state index >= 15 is 0 Å². The molecule has 2 nitrogen and oxygen atoms in total. The van der Waals surface area contributed by atoms with Gasteiger partial charge in [0.05, 0.1) is 12.2 Å². The molecule has 0 spiro atoms. The first-order chi connectivity index (χ1) is 13.5. The van der Waals surface area contributed by atoms with Crippen molar-refractivity contribution in [3.63, 3.8) is 0 Å². The van der Waals surface area contributed by atoms with Crippen LogP contribution in [0.15, 0.2) is 23.2 Å². The van der Waals surface area contributed by atoms with Crippen LogP contribution in [0.25, 0.3) is 0 Å². The number of nitrogens with zero attached hydrogens (tertiary/aromatic N) is 2. The molecule has 2 saturated carbocycles. The van der Waals surface area contributed by atoms with E-state index in [1.54, 1.807) is 4.31 Å². The third-order valence-corrected chi connectivity index (χ3v) is 6.53. The number of benzene rings is 1. The molecule has 0 N–H and O–H groups in total. The second-order valence-electron chi connectivity index (χ2n) is 7.36. The van der Waals surface area contributed by atoms with Gasteiger partial charge in [-0.25, -0.2) is 26.3 Å². The zero-order chi connectivity index (χ0) is 19.8. The molecular formula is C20H19F5N2S. The number of rotatable bonds is 6. The summed E-state index contributed by atoms with van der Waals surface area (Å²) in [6, 6.07) is 3.92. The van der Waals surface area contributed by atoms with Gasteiger partial charge in [-0.1, -0.05) is 18.9 Å². The van der Waals surface area contributed by atoms with E-state index in [1.165, 1.54) is 18.4 Å². The van der Waals surface area contributed by atoms with Crippen molar-refractivity contribution in [2.24, 2.45) is 0 Å². The first-order valence-corrected chi connectivity index (χ1v) is 10.1. The summed E-state index contributed by atoms with van der Waals surface area (Å²) in [5.41, 5.74) is 1.89. The number of hydrogen-bond donors (Lipinski definition) is 0. The Kier molecular flexibility index (Phi) is 5.60. The molecule has 8 heteroatoms. The summed E-state index contributed by atoms with van der Waals surface area (Å²) in [6.07, 6.45) is 8.21. The number of pyridine rings is 1. The molecule has 0 aliphatic heterocycles. The second kappa shape index (κ2) is 7.99. The van der Waals surface area contributed by atoms with Crippen LogP contribution < -0.4 is 0 Å². The topological polar surface area (TPSA) is 16.1 Å². The first kappa shape index (κ1) is 19.6. The first-order valence-electron chi connectivity index (χ1n) is 9.36. The summed E-state index contributed by atoms with van der Waals surface area (Å²) in [5.74, 6) is -9.04. The Balaban J connectivity index is 1.53. The second-order valence-corrected chi connectivity index (χ2v) is 8.42. The summed E-state index contributed by atoms with van der Waals surface area (Å²) in [5, 5.41) is 0. The highest BCUT2D eigenvalue weighted by atomic mass is 32.2. The van der Waals surface area contributed by atoms with Gasteiger partial charge in [0.15, 0.2) is 23.3 Å². The van der Waals surface area contributed by atoms with Gasteiger partial charge >= 0.3 is 0 Å². The van der Waals surface area contributed by atoms with E-state index in [2.05, 4.69) is 4.98 Å². The molecule has 0 saturated heterocycles. The Hall–Kier alpha value is -1.67. The quantitative estimate of drug-likeness (QED) is 0.246. The SMILES string of the molecule is Fc1c(F)c(F)c(SN(Cc2ccc(C3CCCC3)cn2)C2CC2)c(F)c1F. The molecule has 150 valence electrons. The van der Waals surface area contributed by atoms with Gasteiger partial charge in [0.1, 0.15) is 4.90 Å². The van der Waals surface area contributed by atoms with Gasteiger partial charge in [-0.3, -0.25) is 4.98 Å². The average molecular weight is 414 g/mol. The normalized spacial score (nSPS) is 17.6. The van der Waals surface area contributed by atoms with Crippen molar-refractivity contribution in [2.45, 2.75) is 61.9 Å². The van der Waals surface area contributed by atoms with E-state index in [0.717, 1.165) is 25.7 Å². The lowest BCUT2D eigenvalue weighted by atomic mass is 9.99. The van der Waals surface area contributed by atoms with E-state index in [1.807, 2.05) is 18.3 Å². The summed E-state index contributed by atoms with van der Waals surface area (Å²) in [4.78, 5) is 3.59. The average Bonchev–Trinajstić information content (AvgIpc) is 3.41. The van der Waals surface area contributed by atoms with Gasteiger partial charge in [-0.05, 0) is 55.2 Å². The summed E-state index contributed by atoms with van der Waals surface area (Å²) < 4.78 is 69.9. The smallest absolute Gasteiger partial charge is 0.200 e. The fraction of sp³-hybridized carbons (Fsp3) is 0.450. The minimum Gasteiger partial charge on any atom is -0.260 e. The van der Waals surface area contributed by atoms with Gasteiger partial charge in [-0.2, -0.15) is 0 Å². The van der Waals surface area contributed by atoms with E-state index in [9.17, 15) is 22.0 Å². The van der Waals surface area contributed by atoms with E-state index in [0.29, 0.717) is 23.6 Å². The van der Waals surface area contributed by atoms with Crippen molar-refractivity contribution >= 4 is 11.9 Å². The molecule has 28 heavy (non-hydrogen) atoms. The Bertz CT molecular complexity index is 835. The number of hydrogen-bond acceptors (Lipinski definition) is 3. The maximum absolute atomic E-state index is 14.0. The predicted molar refractivity (Wildman–Crippen MR) is 96.1 cm³/mol. The standard InChI is InChI=1S/C20H19F5N2S/c21-15-16(22)18(24)20(19(25)17(15)23)28-27(14-7-8-14)10-13-6-5-12(9-26-13)11-3-1-2-4-11/h5-6,9,11,14H,1-4,7-8,10H2. The summed E-state index contributed by atoms with van der Waals surface area (Å²) in [6.45, 7) is 0.264. The van der Waals surface area contributed by atoms with Crippen molar-refractivity contribution in [1.82, 2.24) is 9.29 Å². The van der Waals surface area contributed by atoms with Crippen LogP contribution in [-0.4, -0.2) is 15.3 Å². The molecule has 2 fully saturated rings. The van der Waals surface area contributed by atoms with Crippen LogP contribution in [0.4, 0.5) is 22.0 Å². The minimum absolute atomic E-state index is 0.0243. The molecule has 2 aliphatic carbocycles. The largest absolute Gasteiger partial charge is 0.260 e. The highest BCUT2D eigenvalue weighted by Gasteiger charge is 2.34. The van der Waals surface area contributed by atoms with Crippen LogP contribution in [0.1, 0.15) is 55.7 Å². The molecule has 0 amide bonds. The number of aromatic nitrogens is 1. The van der Waals surface area contributed by atoms with Crippen LogP contribution >= 0.6 is 11.9 Å². The lowest BCUT2D eigenvalue weighted by Gasteiger charge is -2.21. The monoisotopic (exact) mass is 414 g/mol. The van der Waals surface area contributed by atoms with Crippen LogP contribution in [0.5, 0.6) is 0 Å². The predicted octanol–water partition coefficient (Wildman–Crippen LogP) is 6.11. The third-order valence-electron chi connectivity index (χ3n) is 5.32. The Morgan fingerprint density at radius 1 is 0.857 bits per heavy atom. The molecular weight excluding hydrogens is 395 g/mol. The molecule has 2 aliphatic rings. The van der Waals surface area contributed by atoms with Crippen molar-refractivity contribution in [3.05, 3.63) is 58.7 Å². The molecule has 2 aromatic rings. The molecule has 1 aromatic carbocycles. The van der Waals surface area contributed by atoms with Crippen LogP contribution in [0.3, 0.4) is 0 Å². The van der Waals surface area contributed by atoms with Crippen LogP contribution in [-0.2, 0) is 6.54 Å². The molecule has 1 aromatic heterocycles. The Labute approximate surface area is 164 Å². The molecule has 0 atom stereocenters. The fourth-order valence-electron chi connectivity index (χ4n) is 3.57.